The molecule has 2 aromatic carbocycles. The molecule has 1 aliphatic heterocycles. The Bertz CT molecular complexity index is 893. The molecular formula is C20H19FN2O3. The number of carbonyl (C=O) groups is 2. The Morgan fingerprint density at radius 2 is 1.96 bits per heavy atom. The fourth-order valence-corrected chi connectivity index (χ4v) is 3.26. The average Bonchev–Trinajstić information content (AvgIpc) is 3.35. The largest absolute Gasteiger partial charge is 0.491 e. The number of benzene rings is 2. The van der Waals surface area contributed by atoms with E-state index in [4.69, 9.17) is 4.74 Å². The molecule has 5 nitrogen and oxygen atoms in total. The lowest BCUT2D eigenvalue weighted by atomic mass is 9.90. The van der Waals surface area contributed by atoms with E-state index in [1.54, 1.807) is 18.2 Å². The molecule has 1 saturated carbocycles. The van der Waals surface area contributed by atoms with Crippen molar-refractivity contribution >= 4 is 11.8 Å². The smallest absolute Gasteiger partial charge is 0.254 e. The van der Waals surface area contributed by atoms with Crippen molar-refractivity contribution < 1.29 is 18.7 Å². The van der Waals surface area contributed by atoms with Gasteiger partial charge in [0, 0.05) is 30.1 Å². The zero-order valence-corrected chi connectivity index (χ0v) is 14.3. The number of amides is 2. The van der Waals surface area contributed by atoms with Gasteiger partial charge in [-0.3, -0.25) is 9.59 Å². The van der Waals surface area contributed by atoms with E-state index in [-0.39, 0.29) is 29.6 Å². The number of hydrogen-bond acceptors (Lipinski definition) is 3. The first-order chi connectivity index (χ1) is 12.6. The summed E-state index contributed by atoms with van der Waals surface area (Å²) in [5.41, 5.74) is 2.23. The summed E-state index contributed by atoms with van der Waals surface area (Å²) in [5, 5.41) is 5.52. The molecular weight excluding hydrogens is 335 g/mol. The van der Waals surface area contributed by atoms with Crippen molar-refractivity contribution in [2.75, 3.05) is 13.7 Å². The first-order valence-corrected chi connectivity index (χ1v) is 8.66. The predicted octanol–water partition coefficient (Wildman–Crippen LogP) is 2.60. The van der Waals surface area contributed by atoms with Crippen LogP contribution < -0.4 is 15.4 Å². The lowest BCUT2D eigenvalue weighted by molar-refractivity contribution is 0.0951. The van der Waals surface area contributed by atoms with E-state index in [2.05, 4.69) is 10.6 Å². The van der Waals surface area contributed by atoms with E-state index in [1.165, 1.54) is 19.2 Å². The third-order valence-corrected chi connectivity index (χ3v) is 4.78. The van der Waals surface area contributed by atoms with Gasteiger partial charge in [-0.15, -0.1) is 0 Å². The van der Waals surface area contributed by atoms with Crippen LogP contribution in [0.3, 0.4) is 0 Å². The Morgan fingerprint density at radius 1 is 1.15 bits per heavy atom. The molecule has 26 heavy (non-hydrogen) atoms. The molecule has 1 aliphatic carbocycles. The minimum Gasteiger partial charge on any atom is -0.491 e. The molecule has 1 unspecified atom stereocenters. The molecule has 4 rings (SSSR count). The fraction of sp³-hybridized carbons (Fsp3) is 0.300. The SMILES string of the molecule is CNC(=O)c1cc(C(=O)NC2CC2)cc2c1OCC2c1cccc(F)c1. The molecule has 2 aromatic rings. The third-order valence-electron chi connectivity index (χ3n) is 4.78. The number of carbonyl (C=O) groups excluding carboxylic acids is 2. The van der Waals surface area contributed by atoms with E-state index in [1.807, 2.05) is 6.07 Å². The lowest BCUT2D eigenvalue weighted by Gasteiger charge is -2.13. The van der Waals surface area contributed by atoms with Gasteiger partial charge in [-0.25, -0.2) is 4.39 Å². The van der Waals surface area contributed by atoms with Gasteiger partial charge in [0.05, 0.1) is 12.2 Å². The summed E-state index contributed by atoms with van der Waals surface area (Å²) in [6, 6.07) is 9.84. The molecule has 1 atom stereocenters. The van der Waals surface area contributed by atoms with Gasteiger partial charge in [-0.2, -0.15) is 0 Å². The van der Waals surface area contributed by atoms with Crippen LogP contribution in [0.4, 0.5) is 4.39 Å². The predicted molar refractivity (Wildman–Crippen MR) is 94.1 cm³/mol. The van der Waals surface area contributed by atoms with Gasteiger partial charge < -0.3 is 15.4 Å². The second-order valence-corrected chi connectivity index (χ2v) is 6.69. The second kappa shape index (κ2) is 6.44. The Kier molecular flexibility index (Phi) is 4.11. The first kappa shape index (κ1) is 16.6. The summed E-state index contributed by atoms with van der Waals surface area (Å²) in [6.45, 7) is 0.302. The maximum atomic E-state index is 13.6. The van der Waals surface area contributed by atoms with Crippen LogP contribution in [0.5, 0.6) is 5.75 Å². The van der Waals surface area contributed by atoms with Crippen LogP contribution in [0, 0.1) is 5.82 Å². The summed E-state index contributed by atoms with van der Waals surface area (Å²) in [7, 11) is 1.53. The van der Waals surface area contributed by atoms with E-state index >= 15 is 0 Å². The van der Waals surface area contributed by atoms with Crippen molar-refractivity contribution in [3.05, 3.63) is 64.5 Å². The van der Waals surface area contributed by atoms with Gasteiger partial charge in [-0.05, 0) is 42.7 Å². The number of fused-ring (bicyclic) bond motifs is 1. The van der Waals surface area contributed by atoms with E-state index in [0.29, 0.717) is 23.5 Å². The number of halogens is 1. The highest BCUT2D eigenvalue weighted by molar-refractivity contribution is 6.02. The van der Waals surface area contributed by atoms with Gasteiger partial charge >= 0.3 is 0 Å². The minimum absolute atomic E-state index is 0.203. The topological polar surface area (TPSA) is 67.4 Å². The van der Waals surface area contributed by atoms with E-state index in [9.17, 15) is 14.0 Å². The molecule has 0 aromatic heterocycles. The molecule has 0 spiro atoms. The van der Waals surface area contributed by atoms with Crippen LogP contribution in [-0.2, 0) is 0 Å². The molecule has 6 heteroatoms. The van der Waals surface area contributed by atoms with Crippen molar-refractivity contribution in [2.24, 2.45) is 0 Å². The number of rotatable bonds is 4. The molecule has 1 fully saturated rings. The third kappa shape index (κ3) is 3.03. The van der Waals surface area contributed by atoms with Gasteiger partial charge in [0.2, 0.25) is 0 Å². The standard InChI is InChI=1S/C20H19FN2O3/c1-22-20(25)16-9-12(19(24)23-14-5-6-14)8-15-17(10-26-18(15)16)11-3-2-4-13(21)7-11/h2-4,7-9,14,17H,5-6,10H2,1H3,(H,22,25)(H,23,24). The zero-order chi connectivity index (χ0) is 18.3. The summed E-state index contributed by atoms with van der Waals surface area (Å²) >= 11 is 0. The quantitative estimate of drug-likeness (QED) is 0.887. The summed E-state index contributed by atoms with van der Waals surface area (Å²) in [5.74, 6) is -0.614. The van der Waals surface area contributed by atoms with Gasteiger partial charge in [-0.1, -0.05) is 12.1 Å². The summed E-state index contributed by atoms with van der Waals surface area (Å²) in [4.78, 5) is 24.8. The van der Waals surface area contributed by atoms with Crippen molar-refractivity contribution in [1.29, 1.82) is 0 Å². The normalized spacial score (nSPS) is 18.0. The average molecular weight is 354 g/mol. The van der Waals surface area contributed by atoms with Crippen LogP contribution in [0.15, 0.2) is 36.4 Å². The molecule has 0 bridgehead atoms. The number of ether oxygens (including phenoxy) is 1. The zero-order valence-electron chi connectivity index (χ0n) is 14.3. The first-order valence-electron chi connectivity index (χ1n) is 8.66. The second-order valence-electron chi connectivity index (χ2n) is 6.69. The highest BCUT2D eigenvalue weighted by Gasteiger charge is 2.32. The Labute approximate surface area is 150 Å². The monoisotopic (exact) mass is 354 g/mol. The molecule has 2 N–H and O–H groups in total. The maximum Gasteiger partial charge on any atom is 0.254 e. The van der Waals surface area contributed by atoms with Crippen molar-refractivity contribution in [3.63, 3.8) is 0 Å². The highest BCUT2D eigenvalue weighted by atomic mass is 19.1. The lowest BCUT2D eigenvalue weighted by Crippen LogP contribution is -2.26. The summed E-state index contributed by atoms with van der Waals surface area (Å²) < 4.78 is 19.4. The van der Waals surface area contributed by atoms with Gasteiger partial charge in [0.25, 0.3) is 11.8 Å². The maximum absolute atomic E-state index is 13.6. The van der Waals surface area contributed by atoms with Crippen molar-refractivity contribution in [1.82, 2.24) is 10.6 Å². The molecule has 2 amide bonds. The molecule has 2 aliphatic rings. The van der Waals surface area contributed by atoms with E-state index < -0.39 is 0 Å². The number of hydrogen-bond donors (Lipinski definition) is 2. The Morgan fingerprint density at radius 3 is 2.65 bits per heavy atom. The summed E-state index contributed by atoms with van der Waals surface area (Å²) in [6.07, 6.45) is 1.96. The Hall–Kier alpha value is -2.89. The van der Waals surface area contributed by atoms with Crippen LogP contribution in [0.1, 0.15) is 50.6 Å². The molecule has 0 radical (unpaired) electrons. The molecule has 0 saturated heterocycles. The van der Waals surface area contributed by atoms with Gasteiger partial charge in [0.1, 0.15) is 11.6 Å². The minimum atomic E-state index is -0.329. The highest BCUT2D eigenvalue weighted by Crippen LogP contribution is 2.41. The molecule has 1 heterocycles. The molecule has 134 valence electrons. The van der Waals surface area contributed by atoms with Crippen molar-refractivity contribution in [3.8, 4) is 5.75 Å². The Balaban J connectivity index is 1.78. The fourth-order valence-electron chi connectivity index (χ4n) is 3.26. The van der Waals surface area contributed by atoms with Crippen LogP contribution in [0.2, 0.25) is 0 Å². The number of nitrogens with one attached hydrogen (secondary N) is 2. The van der Waals surface area contributed by atoms with Crippen molar-refractivity contribution in [2.45, 2.75) is 24.8 Å². The van der Waals surface area contributed by atoms with Crippen LogP contribution in [-0.4, -0.2) is 31.5 Å². The van der Waals surface area contributed by atoms with Crippen LogP contribution in [0.25, 0.3) is 0 Å². The van der Waals surface area contributed by atoms with Crippen LogP contribution >= 0.6 is 0 Å². The van der Waals surface area contributed by atoms with E-state index in [0.717, 1.165) is 24.0 Å². The van der Waals surface area contributed by atoms with Gasteiger partial charge in [0.15, 0.2) is 0 Å².